The van der Waals surface area contributed by atoms with E-state index in [1.807, 2.05) is 13.0 Å². The maximum atomic E-state index is 11.8. The number of rotatable bonds is 4. The van der Waals surface area contributed by atoms with Gasteiger partial charge in [-0.3, -0.25) is 0 Å². The molecular formula is C20H20ClNO2. The van der Waals surface area contributed by atoms with Crippen LogP contribution in [0.3, 0.4) is 0 Å². The average Bonchev–Trinajstić information content (AvgIpc) is 2.54. The van der Waals surface area contributed by atoms with E-state index in [2.05, 4.69) is 43.4 Å². The lowest BCUT2D eigenvalue weighted by atomic mass is 10.0. The lowest BCUT2D eigenvalue weighted by Gasteiger charge is -2.11. The third kappa shape index (κ3) is 3.46. The summed E-state index contributed by atoms with van der Waals surface area (Å²) in [6.07, 6.45) is 0. The number of aryl methyl sites for hydroxylation is 1. The number of anilines is 1. The van der Waals surface area contributed by atoms with E-state index in [1.165, 1.54) is 11.6 Å². The van der Waals surface area contributed by atoms with Crippen LogP contribution >= 0.6 is 11.6 Å². The minimum absolute atomic E-state index is 0.351. The predicted octanol–water partition coefficient (Wildman–Crippen LogP) is 5.49. The SMILES string of the molecule is Cc1cc2oc(=O)cc(CNc3ccc(C(C)C)cc3)c2cc1Cl. The van der Waals surface area contributed by atoms with Crippen molar-refractivity contribution in [2.75, 3.05) is 5.32 Å². The van der Waals surface area contributed by atoms with Crippen molar-refractivity contribution in [1.82, 2.24) is 0 Å². The Balaban J connectivity index is 1.89. The van der Waals surface area contributed by atoms with Gasteiger partial charge >= 0.3 is 5.63 Å². The molecule has 1 aromatic heterocycles. The molecular weight excluding hydrogens is 322 g/mol. The maximum absolute atomic E-state index is 11.8. The van der Waals surface area contributed by atoms with Crippen molar-refractivity contribution in [2.24, 2.45) is 0 Å². The smallest absolute Gasteiger partial charge is 0.336 e. The molecule has 0 aliphatic carbocycles. The highest BCUT2D eigenvalue weighted by molar-refractivity contribution is 6.32. The first-order valence-electron chi connectivity index (χ1n) is 8.01. The molecule has 1 N–H and O–H groups in total. The van der Waals surface area contributed by atoms with Gasteiger partial charge < -0.3 is 9.73 Å². The molecule has 0 saturated carbocycles. The van der Waals surface area contributed by atoms with Crippen molar-refractivity contribution in [3.63, 3.8) is 0 Å². The highest BCUT2D eigenvalue weighted by Crippen LogP contribution is 2.26. The lowest BCUT2D eigenvalue weighted by molar-refractivity contribution is 0.559. The van der Waals surface area contributed by atoms with Gasteiger partial charge in [0.1, 0.15) is 5.58 Å². The molecule has 3 nitrogen and oxygen atoms in total. The highest BCUT2D eigenvalue weighted by Gasteiger charge is 2.08. The van der Waals surface area contributed by atoms with Crippen LogP contribution in [0.5, 0.6) is 0 Å². The number of nitrogens with one attached hydrogen (secondary N) is 1. The average molecular weight is 342 g/mol. The van der Waals surface area contributed by atoms with Crippen LogP contribution in [0.1, 0.15) is 36.5 Å². The van der Waals surface area contributed by atoms with Gasteiger partial charge in [-0.25, -0.2) is 4.79 Å². The van der Waals surface area contributed by atoms with Crippen molar-refractivity contribution in [3.8, 4) is 0 Å². The summed E-state index contributed by atoms with van der Waals surface area (Å²) in [5, 5.41) is 4.88. The normalized spacial score (nSPS) is 11.2. The summed E-state index contributed by atoms with van der Waals surface area (Å²) in [5.41, 5.74) is 4.29. The van der Waals surface area contributed by atoms with Crippen LogP contribution < -0.4 is 10.9 Å². The van der Waals surface area contributed by atoms with Crippen LogP contribution in [-0.2, 0) is 6.54 Å². The van der Waals surface area contributed by atoms with Gasteiger partial charge in [0, 0.05) is 28.7 Å². The molecule has 124 valence electrons. The van der Waals surface area contributed by atoms with Gasteiger partial charge in [-0.15, -0.1) is 0 Å². The van der Waals surface area contributed by atoms with Crippen LogP contribution in [0.15, 0.2) is 51.7 Å². The number of hydrogen-bond donors (Lipinski definition) is 1. The van der Waals surface area contributed by atoms with Crippen molar-refractivity contribution in [1.29, 1.82) is 0 Å². The quantitative estimate of drug-likeness (QED) is 0.638. The number of hydrogen-bond acceptors (Lipinski definition) is 3. The minimum Gasteiger partial charge on any atom is -0.423 e. The van der Waals surface area contributed by atoms with Crippen LogP contribution in [-0.4, -0.2) is 0 Å². The second kappa shape index (κ2) is 6.70. The molecule has 0 aliphatic heterocycles. The number of fused-ring (bicyclic) bond motifs is 1. The summed E-state index contributed by atoms with van der Waals surface area (Å²) in [4.78, 5) is 11.8. The molecule has 3 aromatic rings. The maximum Gasteiger partial charge on any atom is 0.336 e. The fraction of sp³-hybridized carbons (Fsp3) is 0.250. The van der Waals surface area contributed by atoms with Gasteiger partial charge in [-0.1, -0.05) is 37.6 Å². The second-order valence-electron chi connectivity index (χ2n) is 6.32. The Labute approximate surface area is 146 Å². The topological polar surface area (TPSA) is 42.2 Å². The molecule has 0 radical (unpaired) electrons. The van der Waals surface area contributed by atoms with Gasteiger partial charge in [-0.05, 0) is 53.8 Å². The minimum atomic E-state index is -0.351. The Morgan fingerprint density at radius 1 is 1.12 bits per heavy atom. The Kier molecular flexibility index (Phi) is 4.63. The van der Waals surface area contributed by atoms with E-state index in [1.54, 1.807) is 6.07 Å². The molecule has 0 atom stereocenters. The summed E-state index contributed by atoms with van der Waals surface area (Å²) in [5.74, 6) is 0.507. The summed E-state index contributed by atoms with van der Waals surface area (Å²) in [6, 6.07) is 13.5. The summed E-state index contributed by atoms with van der Waals surface area (Å²) >= 11 is 6.22. The lowest BCUT2D eigenvalue weighted by Crippen LogP contribution is -2.06. The molecule has 24 heavy (non-hydrogen) atoms. The standard InChI is InChI=1S/C20H20ClNO2/c1-12(2)14-4-6-16(7-5-14)22-11-15-9-20(23)24-19-8-13(3)18(21)10-17(15)19/h4-10,12,22H,11H2,1-3H3. The molecule has 3 rings (SSSR count). The zero-order valence-electron chi connectivity index (χ0n) is 14.0. The van der Waals surface area contributed by atoms with Gasteiger partial charge in [0.15, 0.2) is 0 Å². The first kappa shape index (κ1) is 16.6. The Hall–Kier alpha value is -2.26. The van der Waals surface area contributed by atoms with Gasteiger partial charge in [0.2, 0.25) is 0 Å². The Morgan fingerprint density at radius 3 is 2.50 bits per heavy atom. The first-order valence-corrected chi connectivity index (χ1v) is 8.38. The van der Waals surface area contributed by atoms with E-state index in [-0.39, 0.29) is 5.63 Å². The summed E-state index contributed by atoms with van der Waals surface area (Å²) in [6.45, 7) is 6.76. The Morgan fingerprint density at radius 2 is 1.83 bits per heavy atom. The third-order valence-electron chi connectivity index (χ3n) is 4.17. The summed E-state index contributed by atoms with van der Waals surface area (Å²) in [7, 11) is 0. The van der Waals surface area contributed by atoms with Crippen LogP contribution in [0.2, 0.25) is 5.02 Å². The summed E-state index contributed by atoms with van der Waals surface area (Å²) < 4.78 is 5.29. The number of benzene rings is 2. The fourth-order valence-electron chi connectivity index (χ4n) is 2.68. The van der Waals surface area contributed by atoms with Crippen molar-refractivity contribution < 1.29 is 4.42 Å². The van der Waals surface area contributed by atoms with E-state index in [0.717, 1.165) is 22.2 Å². The molecule has 0 saturated heterocycles. The first-order chi connectivity index (χ1) is 11.4. The monoisotopic (exact) mass is 341 g/mol. The van der Waals surface area contributed by atoms with E-state index in [4.69, 9.17) is 16.0 Å². The van der Waals surface area contributed by atoms with E-state index >= 15 is 0 Å². The Bertz CT molecular complexity index is 927. The second-order valence-corrected chi connectivity index (χ2v) is 6.73. The third-order valence-corrected chi connectivity index (χ3v) is 4.58. The highest BCUT2D eigenvalue weighted by atomic mass is 35.5. The van der Waals surface area contributed by atoms with Gasteiger partial charge in [0.05, 0.1) is 0 Å². The van der Waals surface area contributed by atoms with E-state index in [9.17, 15) is 4.79 Å². The van der Waals surface area contributed by atoms with Crippen molar-refractivity contribution in [2.45, 2.75) is 33.2 Å². The largest absolute Gasteiger partial charge is 0.423 e. The fourth-order valence-corrected chi connectivity index (χ4v) is 2.84. The van der Waals surface area contributed by atoms with Crippen LogP contribution in [0.4, 0.5) is 5.69 Å². The molecule has 0 aliphatic rings. The molecule has 0 amide bonds. The molecule has 0 unspecified atom stereocenters. The molecule has 1 heterocycles. The molecule has 2 aromatic carbocycles. The zero-order valence-corrected chi connectivity index (χ0v) is 14.8. The molecule has 0 spiro atoms. The predicted molar refractivity (Wildman–Crippen MR) is 100 cm³/mol. The molecule has 4 heteroatoms. The van der Waals surface area contributed by atoms with Crippen molar-refractivity contribution in [3.05, 3.63) is 74.6 Å². The van der Waals surface area contributed by atoms with Gasteiger partial charge in [-0.2, -0.15) is 0 Å². The van der Waals surface area contributed by atoms with E-state index in [0.29, 0.717) is 23.1 Å². The van der Waals surface area contributed by atoms with Crippen LogP contribution in [0, 0.1) is 6.92 Å². The van der Waals surface area contributed by atoms with Crippen LogP contribution in [0.25, 0.3) is 11.0 Å². The van der Waals surface area contributed by atoms with Crippen molar-refractivity contribution >= 4 is 28.3 Å². The van der Waals surface area contributed by atoms with Gasteiger partial charge in [0.25, 0.3) is 0 Å². The number of halogens is 1. The molecule has 0 bridgehead atoms. The van der Waals surface area contributed by atoms with E-state index < -0.39 is 0 Å². The zero-order chi connectivity index (χ0) is 17.3. The molecule has 0 fully saturated rings.